The van der Waals surface area contributed by atoms with E-state index < -0.39 is 39.1 Å². The highest BCUT2D eigenvalue weighted by atomic mass is 32.2. The van der Waals surface area contributed by atoms with Crippen LogP contribution in [0.15, 0.2) is 243 Å². The lowest BCUT2D eigenvalue weighted by atomic mass is 9.97. The third-order valence-corrected chi connectivity index (χ3v) is 15.0. The third kappa shape index (κ3) is 11.2. The van der Waals surface area contributed by atoms with Gasteiger partial charge in [-0.2, -0.15) is 47.9 Å². The molecule has 20 heteroatoms. The molecule has 0 aliphatic heterocycles. The summed E-state index contributed by atoms with van der Waals surface area (Å²) >= 11 is 0. The molecule has 10 aromatic carbocycles. The fourth-order valence-corrected chi connectivity index (χ4v) is 10.2. The predicted octanol–water partition coefficient (Wildman–Crippen LogP) is 17.2. The Kier molecular flexibility index (Phi) is 15.4. The lowest BCUT2D eigenvalue weighted by Crippen LogP contribution is -2.63. The molecule has 0 aliphatic carbocycles. The van der Waals surface area contributed by atoms with Crippen LogP contribution in [0.1, 0.15) is 0 Å². The number of rotatable bonds is 13. The Labute approximate surface area is 484 Å². The first-order chi connectivity index (χ1) is 41.2. The molecule has 0 bridgehead atoms. The fourth-order valence-electron chi connectivity index (χ4n) is 9.29. The van der Waals surface area contributed by atoms with Gasteiger partial charge in [0.1, 0.15) is 5.75 Å². The molecule has 0 fully saturated rings. The van der Waals surface area contributed by atoms with Gasteiger partial charge in [-0.1, -0.05) is 224 Å². The molecule has 0 spiro atoms. The maximum absolute atomic E-state index is 14.4. The SMILES string of the molecule is O=S(=O)(Oc1ccc(-c2ccc(-c3nc(-c4ccccc4)nc(-c4ccccc4)n3)cc2)c2ccccc12)C(F)(F)C(F)(F)C(F)(F)C(F)(F)F.Oc1ccc(-c2ccc(-c3nc(-c4ccccc4)nc(-c4ccccc4)n3)cc2)c2ccccc12. The summed E-state index contributed by atoms with van der Waals surface area (Å²) in [7, 11) is -7.15. The minimum Gasteiger partial charge on any atom is -0.507 e. The lowest BCUT2D eigenvalue weighted by Gasteiger charge is -2.32. The number of nitrogens with zero attached hydrogens (tertiary/aromatic N) is 6. The van der Waals surface area contributed by atoms with Crippen LogP contribution in [-0.2, 0) is 10.1 Å². The number of aromatic hydroxyl groups is 1. The van der Waals surface area contributed by atoms with Crippen LogP contribution in [0.4, 0.5) is 39.5 Å². The summed E-state index contributed by atoms with van der Waals surface area (Å²) in [5, 5.41) is 4.96. The van der Waals surface area contributed by atoms with Gasteiger partial charge in [0.25, 0.3) is 0 Å². The molecule has 0 atom stereocenters. The number of phenols is 1. The van der Waals surface area contributed by atoms with E-state index in [1.54, 1.807) is 30.3 Å². The Morgan fingerprint density at radius 2 is 0.581 bits per heavy atom. The second-order valence-electron chi connectivity index (χ2n) is 19.3. The summed E-state index contributed by atoms with van der Waals surface area (Å²) in [5.74, 6) is -12.6. The summed E-state index contributed by atoms with van der Waals surface area (Å²) in [6.07, 6.45) is -7.21. The minimum absolute atomic E-state index is 0.131. The second-order valence-corrected chi connectivity index (χ2v) is 20.9. The van der Waals surface area contributed by atoms with Crippen molar-refractivity contribution in [2.24, 2.45) is 0 Å². The van der Waals surface area contributed by atoms with Gasteiger partial charge in [-0.3, -0.25) is 0 Å². The quantitative estimate of drug-likeness (QED) is 0.0876. The van der Waals surface area contributed by atoms with Crippen molar-refractivity contribution in [2.45, 2.75) is 23.3 Å². The summed E-state index contributed by atoms with van der Waals surface area (Å²) in [5.41, 5.74) is 7.79. The van der Waals surface area contributed by atoms with Gasteiger partial charge in [0, 0.05) is 44.2 Å². The van der Waals surface area contributed by atoms with Crippen molar-refractivity contribution in [3.63, 3.8) is 0 Å². The van der Waals surface area contributed by atoms with E-state index in [0.717, 1.165) is 61.8 Å². The van der Waals surface area contributed by atoms with E-state index in [-0.39, 0.29) is 16.5 Å². The van der Waals surface area contributed by atoms with E-state index in [1.165, 1.54) is 24.3 Å². The molecule has 10 nitrogen and oxygen atoms in total. The normalized spacial score (nSPS) is 12.2. The number of halogens is 9. The van der Waals surface area contributed by atoms with Crippen LogP contribution in [0.25, 0.3) is 112 Å². The van der Waals surface area contributed by atoms with Crippen molar-refractivity contribution in [1.82, 2.24) is 29.9 Å². The maximum atomic E-state index is 14.4. The van der Waals surface area contributed by atoms with E-state index >= 15 is 0 Å². The molecule has 428 valence electrons. The van der Waals surface area contributed by atoms with Crippen LogP contribution in [0.3, 0.4) is 0 Å². The highest BCUT2D eigenvalue weighted by Gasteiger charge is 2.86. The predicted molar refractivity (Wildman–Crippen MR) is 310 cm³/mol. The Morgan fingerprint density at radius 1 is 0.302 bits per heavy atom. The van der Waals surface area contributed by atoms with Crippen LogP contribution in [0.2, 0.25) is 0 Å². The molecule has 86 heavy (non-hydrogen) atoms. The maximum Gasteiger partial charge on any atom is 0.460 e. The van der Waals surface area contributed by atoms with Gasteiger partial charge in [-0.25, -0.2) is 29.9 Å². The van der Waals surface area contributed by atoms with Crippen LogP contribution >= 0.6 is 0 Å². The van der Waals surface area contributed by atoms with E-state index in [2.05, 4.69) is 31.3 Å². The molecule has 12 aromatic rings. The molecule has 2 aromatic heterocycles. The zero-order valence-corrected chi connectivity index (χ0v) is 45.1. The van der Waals surface area contributed by atoms with Gasteiger partial charge in [-0.05, 0) is 51.2 Å². The van der Waals surface area contributed by atoms with E-state index in [1.807, 2.05) is 164 Å². The van der Waals surface area contributed by atoms with Gasteiger partial charge < -0.3 is 9.29 Å². The summed E-state index contributed by atoms with van der Waals surface area (Å²) in [6, 6.07) is 72.0. The van der Waals surface area contributed by atoms with Crippen molar-refractivity contribution in [2.75, 3.05) is 0 Å². The molecule has 0 saturated heterocycles. The Bertz CT molecular complexity index is 4420. The molecule has 0 amide bonds. The van der Waals surface area contributed by atoms with Gasteiger partial charge in [0.05, 0.1) is 0 Å². The number of fused-ring (bicyclic) bond motifs is 2. The summed E-state index contributed by atoms with van der Waals surface area (Å²) in [6.45, 7) is 0. The van der Waals surface area contributed by atoms with Crippen LogP contribution in [0.5, 0.6) is 11.5 Å². The van der Waals surface area contributed by atoms with Crippen molar-refractivity contribution < 1.29 is 57.2 Å². The number of hydrogen-bond acceptors (Lipinski definition) is 10. The first-order valence-corrected chi connectivity index (χ1v) is 27.4. The molecule has 0 unspecified atom stereocenters. The molecule has 2 heterocycles. The highest BCUT2D eigenvalue weighted by Crippen LogP contribution is 2.55. The monoisotopic (exact) mass is 1180 g/mol. The van der Waals surface area contributed by atoms with Crippen molar-refractivity contribution in [3.05, 3.63) is 243 Å². The van der Waals surface area contributed by atoms with Crippen molar-refractivity contribution in [3.8, 4) is 102 Å². The molecule has 12 rings (SSSR count). The van der Waals surface area contributed by atoms with E-state index in [0.29, 0.717) is 51.6 Å². The number of alkyl halides is 9. The Balaban J connectivity index is 0.000000191. The largest absolute Gasteiger partial charge is 0.507 e. The van der Waals surface area contributed by atoms with Gasteiger partial charge in [0.2, 0.25) is 0 Å². The number of benzene rings is 10. The lowest BCUT2D eigenvalue weighted by molar-refractivity contribution is -0.382. The van der Waals surface area contributed by atoms with Crippen LogP contribution in [-0.4, -0.2) is 66.7 Å². The summed E-state index contributed by atoms with van der Waals surface area (Å²) < 4.78 is 150. The first kappa shape index (κ1) is 57.5. The topological polar surface area (TPSA) is 141 Å². The zero-order chi connectivity index (χ0) is 60.4. The van der Waals surface area contributed by atoms with Gasteiger partial charge in [0.15, 0.2) is 40.7 Å². The molecular formula is C66H41F9N6O4S. The van der Waals surface area contributed by atoms with Crippen molar-refractivity contribution in [1.29, 1.82) is 0 Å². The summed E-state index contributed by atoms with van der Waals surface area (Å²) in [4.78, 5) is 28.3. The van der Waals surface area contributed by atoms with E-state index in [4.69, 9.17) is 15.0 Å². The van der Waals surface area contributed by atoms with Gasteiger partial charge >= 0.3 is 33.4 Å². The highest BCUT2D eigenvalue weighted by molar-refractivity contribution is 7.88. The Hall–Kier alpha value is -10.3. The number of aromatic nitrogens is 6. The smallest absolute Gasteiger partial charge is 0.460 e. The van der Waals surface area contributed by atoms with Crippen LogP contribution < -0.4 is 4.18 Å². The average molecular weight is 1190 g/mol. The molecule has 0 aliphatic rings. The van der Waals surface area contributed by atoms with Crippen molar-refractivity contribution >= 4 is 31.7 Å². The Morgan fingerprint density at radius 3 is 0.930 bits per heavy atom. The first-order valence-electron chi connectivity index (χ1n) is 26.0. The number of hydrogen-bond donors (Lipinski definition) is 1. The average Bonchev–Trinajstić information content (AvgIpc) is 0.898. The third-order valence-electron chi connectivity index (χ3n) is 13.7. The van der Waals surface area contributed by atoms with E-state index in [9.17, 15) is 53.0 Å². The fraction of sp³-hybridized carbons (Fsp3) is 0.0606. The molecular weight excluding hydrogens is 1140 g/mol. The molecule has 0 saturated carbocycles. The second kappa shape index (κ2) is 23.0. The van der Waals surface area contributed by atoms with Gasteiger partial charge in [-0.15, -0.1) is 0 Å². The standard InChI is InChI=1S/C35H20F9N3O3S.C31H21N3O/c36-32(37,34(40,41)42)33(38,39)35(43,44)51(48,49)50-28-20-19-25(26-13-7-8-14-27(26)28)21-15-17-24(18-16-21)31-46-29(22-9-3-1-4-10-22)45-30(47-31)23-11-5-2-6-12-23;35-28-20-19-25(26-13-7-8-14-27(26)28)21-15-17-24(18-16-21)31-33-29(22-9-3-1-4-10-22)32-30(34-31)23-11-5-2-6-12-23/h1-20H;1-20,35H. The number of phenolic OH excluding ortho intramolecular Hbond substituents is 1. The molecule has 0 radical (unpaired) electrons. The molecule has 1 N–H and O–H groups in total. The minimum atomic E-state index is -7.43. The zero-order valence-electron chi connectivity index (χ0n) is 44.3. The van der Waals surface area contributed by atoms with Crippen LogP contribution in [0, 0.1) is 0 Å².